The lowest BCUT2D eigenvalue weighted by Gasteiger charge is -2.32. The fourth-order valence-corrected chi connectivity index (χ4v) is 5.16. The average molecular weight is 578 g/mol. The van der Waals surface area contributed by atoms with Crippen LogP contribution in [0.15, 0.2) is 71.6 Å². The maximum atomic E-state index is 13.3. The lowest BCUT2D eigenvalue weighted by molar-refractivity contribution is -0.131. The second-order valence-corrected chi connectivity index (χ2v) is 12.2. The summed E-state index contributed by atoms with van der Waals surface area (Å²) in [5.74, 6) is -0.0591. The summed E-state index contributed by atoms with van der Waals surface area (Å²) in [4.78, 5) is 27.6. The van der Waals surface area contributed by atoms with E-state index in [9.17, 15) is 18.0 Å². The monoisotopic (exact) mass is 576 g/mol. The zero-order valence-electron chi connectivity index (χ0n) is 21.6. The molecular weight excluding hydrogens is 547 g/mol. The zero-order valence-corrected chi connectivity index (χ0v) is 24.0. The lowest BCUT2D eigenvalue weighted by atomic mass is 10.1. The summed E-state index contributed by atoms with van der Waals surface area (Å²) >= 11 is 12.3. The van der Waals surface area contributed by atoms with Crippen molar-refractivity contribution in [3.05, 3.63) is 82.3 Å². The van der Waals surface area contributed by atoms with Crippen molar-refractivity contribution in [3.8, 4) is 5.75 Å². The maximum Gasteiger partial charge on any atom is 0.270 e. The molecule has 0 aliphatic heterocycles. The maximum absolute atomic E-state index is 13.3. The van der Waals surface area contributed by atoms with Crippen molar-refractivity contribution in [2.75, 3.05) is 22.5 Å². The zero-order chi connectivity index (χ0) is 28.1. The molecule has 0 heterocycles. The molecule has 0 fully saturated rings. The Labute approximate surface area is 233 Å². The first-order valence-electron chi connectivity index (χ1n) is 12.0. The highest BCUT2D eigenvalue weighted by molar-refractivity contribution is 7.91. The third-order valence-electron chi connectivity index (χ3n) is 5.82. The second kappa shape index (κ2) is 12.2. The predicted molar refractivity (Wildman–Crippen MR) is 152 cm³/mol. The normalized spacial score (nSPS) is 11.6. The molecule has 3 rings (SSSR count). The molecule has 10 heteroatoms. The molecular formula is C28H30Cl2N2O5S. The molecule has 0 saturated heterocycles. The number of rotatable bonds is 10. The van der Waals surface area contributed by atoms with Crippen molar-refractivity contribution in [1.29, 1.82) is 0 Å². The topological polar surface area (TPSA) is 92.8 Å². The van der Waals surface area contributed by atoms with Crippen LogP contribution < -0.4 is 15.0 Å². The number of halogens is 2. The molecule has 7 nitrogen and oxygen atoms in total. The SMILES string of the molecule is CCN(C(=O)C(C)(C)Oc1ccc(NC(=O)Cc2ccc(S(=O)(=O)CC)cc2)cc1)c1ccc(Cl)cc1Cl. The van der Waals surface area contributed by atoms with Gasteiger partial charge in [-0.1, -0.05) is 42.3 Å². The van der Waals surface area contributed by atoms with Gasteiger partial charge in [0, 0.05) is 17.3 Å². The highest BCUT2D eigenvalue weighted by Crippen LogP contribution is 2.31. The van der Waals surface area contributed by atoms with Gasteiger partial charge in [0.2, 0.25) is 5.91 Å². The summed E-state index contributed by atoms with van der Waals surface area (Å²) in [6.07, 6.45) is 0.0896. The average Bonchev–Trinajstić information content (AvgIpc) is 2.87. The van der Waals surface area contributed by atoms with Crippen molar-refractivity contribution in [2.45, 2.75) is 44.6 Å². The van der Waals surface area contributed by atoms with Gasteiger partial charge in [0.05, 0.1) is 27.8 Å². The first kappa shape index (κ1) is 29.5. The fraction of sp³-hybridized carbons (Fsp3) is 0.286. The minimum absolute atomic E-state index is 0.0193. The van der Waals surface area contributed by atoms with E-state index in [4.69, 9.17) is 27.9 Å². The summed E-state index contributed by atoms with van der Waals surface area (Å²) in [5, 5.41) is 3.65. The molecule has 1 N–H and O–H groups in total. The van der Waals surface area contributed by atoms with Gasteiger partial charge in [0.15, 0.2) is 15.4 Å². The first-order chi connectivity index (χ1) is 17.9. The molecule has 0 bridgehead atoms. The van der Waals surface area contributed by atoms with Crippen LogP contribution in [0.25, 0.3) is 0 Å². The van der Waals surface area contributed by atoms with Crippen LogP contribution in [-0.2, 0) is 25.8 Å². The number of nitrogens with zero attached hydrogens (tertiary/aromatic N) is 1. The summed E-state index contributed by atoms with van der Waals surface area (Å²) in [7, 11) is -3.29. The van der Waals surface area contributed by atoms with Crippen molar-refractivity contribution >= 4 is 56.2 Å². The molecule has 0 saturated carbocycles. The Morgan fingerprint density at radius 3 is 2.13 bits per heavy atom. The van der Waals surface area contributed by atoms with E-state index in [0.29, 0.717) is 39.3 Å². The van der Waals surface area contributed by atoms with Crippen LogP contribution in [0.3, 0.4) is 0 Å². The smallest absolute Gasteiger partial charge is 0.270 e. The van der Waals surface area contributed by atoms with Crippen LogP contribution in [0, 0.1) is 0 Å². The van der Waals surface area contributed by atoms with Gasteiger partial charge in [-0.25, -0.2) is 8.42 Å². The van der Waals surface area contributed by atoms with E-state index in [0.717, 1.165) is 0 Å². The molecule has 0 radical (unpaired) electrons. The van der Waals surface area contributed by atoms with Gasteiger partial charge in [0.25, 0.3) is 5.91 Å². The molecule has 3 aromatic rings. The van der Waals surface area contributed by atoms with Gasteiger partial charge < -0.3 is 15.0 Å². The van der Waals surface area contributed by atoms with Crippen molar-refractivity contribution < 1.29 is 22.7 Å². The fourth-order valence-electron chi connectivity index (χ4n) is 3.77. The van der Waals surface area contributed by atoms with Gasteiger partial charge in [-0.3, -0.25) is 9.59 Å². The van der Waals surface area contributed by atoms with Gasteiger partial charge in [-0.15, -0.1) is 0 Å². The summed E-state index contributed by atoms with van der Waals surface area (Å²) < 4.78 is 29.9. The molecule has 3 aromatic carbocycles. The molecule has 2 amide bonds. The van der Waals surface area contributed by atoms with Gasteiger partial charge >= 0.3 is 0 Å². The van der Waals surface area contributed by atoms with Gasteiger partial charge in [-0.05, 0) is 80.9 Å². The van der Waals surface area contributed by atoms with E-state index in [1.165, 1.54) is 17.0 Å². The Hall–Kier alpha value is -3.07. The van der Waals surface area contributed by atoms with Crippen molar-refractivity contribution in [3.63, 3.8) is 0 Å². The largest absolute Gasteiger partial charge is 0.478 e. The molecule has 38 heavy (non-hydrogen) atoms. The number of hydrogen-bond donors (Lipinski definition) is 1. The highest BCUT2D eigenvalue weighted by Gasteiger charge is 2.35. The number of nitrogens with one attached hydrogen (secondary N) is 1. The van der Waals surface area contributed by atoms with Crippen LogP contribution in [0.2, 0.25) is 10.0 Å². The summed E-state index contributed by atoms with van der Waals surface area (Å²) in [6, 6.07) is 17.9. The van der Waals surface area contributed by atoms with Crippen LogP contribution in [0.5, 0.6) is 5.75 Å². The van der Waals surface area contributed by atoms with E-state index in [-0.39, 0.29) is 28.9 Å². The number of carbonyl (C=O) groups excluding carboxylic acids is 2. The molecule has 202 valence electrons. The van der Waals surface area contributed by atoms with Gasteiger partial charge in [0.1, 0.15) is 5.75 Å². The van der Waals surface area contributed by atoms with E-state index < -0.39 is 15.4 Å². The van der Waals surface area contributed by atoms with Gasteiger partial charge in [-0.2, -0.15) is 0 Å². The number of hydrogen-bond acceptors (Lipinski definition) is 5. The summed E-state index contributed by atoms with van der Waals surface area (Å²) in [5.41, 5.74) is 0.583. The number of benzene rings is 3. The highest BCUT2D eigenvalue weighted by atomic mass is 35.5. The van der Waals surface area contributed by atoms with E-state index in [1.54, 1.807) is 75.4 Å². The standard InChI is InChI=1S/C28H30Cl2N2O5S/c1-5-32(25-16-9-20(29)18-24(25)30)27(34)28(3,4)37-22-12-10-21(11-13-22)31-26(33)17-19-7-14-23(15-8-19)38(35,36)6-2/h7-16,18H,5-6,17H2,1-4H3,(H,31,33). The van der Waals surface area contributed by atoms with Crippen molar-refractivity contribution in [1.82, 2.24) is 0 Å². The van der Waals surface area contributed by atoms with E-state index in [2.05, 4.69) is 5.32 Å². The van der Waals surface area contributed by atoms with Crippen molar-refractivity contribution in [2.24, 2.45) is 0 Å². The number of ether oxygens (including phenoxy) is 1. The number of likely N-dealkylation sites (N-methyl/N-ethyl adjacent to an activating group) is 1. The van der Waals surface area contributed by atoms with Crippen LogP contribution >= 0.6 is 23.2 Å². The number of carbonyl (C=O) groups is 2. The first-order valence-corrected chi connectivity index (χ1v) is 14.4. The number of sulfone groups is 1. The lowest BCUT2D eigenvalue weighted by Crippen LogP contribution is -2.49. The quantitative estimate of drug-likeness (QED) is 0.311. The Kier molecular flexibility index (Phi) is 9.46. The van der Waals surface area contributed by atoms with E-state index >= 15 is 0 Å². The Bertz CT molecular complexity index is 1410. The predicted octanol–water partition coefficient (Wildman–Crippen LogP) is 6.18. The molecule has 0 aliphatic carbocycles. The molecule has 0 atom stereocenters. The van der Waals surface area contributed by atoms with Crippen LogP contribution in [0.1, 0.15) is 33.3 Å². The molecule has 0 aromatic heterocycles. The van der Waals surface area contributed by atoms with E-state index in [1.807, 2.05) is 6.92 Å². The minimum atomic E-state index is -3.29. The summed E-state index contributed by atoms with van der Waals surface area (Å²) in [6.45, 7) is 7.17. The number of anilines is 2. The van der Waals surface area contributed by atoms with Crippen LogP contribution in [-0.4, -0.2) is 38.1 Å². The third kappa shape index (κ3) is 7.28. The Balaban J connectivity index is 1.63. The molecule has 0 spiro atoms. The second-order valence-electron chi connectivity index (χ2n) is 9.05. The third-order valence-corrected chi connectivity index (χ3v) is 8.10. The molecule has 0 aliphatic rings. The Morgan fingerprint density at radius 1 is 0.947 bits per heavy atom. The number of amides is 2. The Morgan fingerprint density at radius 2 is 1.58 bits per heavy atom. The van der Waals surface area contributed by atoms with Crippen LogP contribution in [0.4, 0.5) is 11.4 Å². The molecule has 0 unspecified atom stereocenters. The minimum Gasteiger partial charge on any atom is -0.478 e.